The maximum Gasteiger partial charge on any atom is 0.321 e. The van der Waals surface area contributed by atoms with E-state index in [1.807, 2.05) is 43.3 Å². The molecule has 3 rings (SSSR count). The van der Waals surface area contributed by atoms with Crippen molar-refractivity contribution in [3.05, 3.63) is 58.6 Å². The number of amides is 2. The molecule has 25 heavy (non-hydrogen) atoms. The number of nitrogens with one attached hydrogen (secondary N) is 1. The molecule has 128 valence electrons. The largest absolute Gasteiger partial charge is 0.367 e. The number of anilines is 2. The molecule has 0 aromatic heterocycles. The molecule has 0 atom stereocenters. The maximum atomic E-state index is 12.5. The number of aryl methyl sites for hydroxylation is 1. The lowest BCUT2D eigenvalue weighted by molar-refractivity contribution is 0.208. The van der Waals surface area contributed by atoms with Gasteiger partial charge in [0.2, 0.25) is 0 Å². The van der Waals surface area contributed by atoms with Gasteiger partial charge in [-0.1, -0.05) is 23.7 Å². The molecule has 1 fully saturated rings. The van der Waals surface area contributed by atoms with E-state index in [9.17, 15) is 10.1 Å². The summed E-state index contributed by atoms with van der Waals surface area (Å²) >= 11 is 5.95. The summed E-state index contributed by atoms with van der Waals surface area (Å²) in [6.07, 6.45) is 0. The highest BCUT2D eigenvalue weighted by molar-refractivity contribution is 6.30. The van der Waals surface area contributed by atoms with Crippen LogP contribution in [0.1, 0.15) is 11.1 Å². The molecule has 2 amide bonds. The predicted molar refractivity (Wildman–Crippen MR) is 100 cm³/mol. The van der Waals surface area contributed by atoms with Crippen LogP contribution in [0, 0.1) is 18.3 Å². The van der Waals surface area contributed by atoms with Crippen LogP contribution < -0.4 is 10.2 Å². The molecule has 2 aromatic rings. The zero-order valence-electron chi connectivity index (χ0n) is 14.0. The number of carbonyl (C=O) groups excluding carboxylic acids is 1. The van der Waals surface area contributed by atoms with Gasteiger partial charge in [0.05, 0.1) is 11.3 Å². The van der Waals surface area contributed by atoms with E-state index in [1.165, 1.54) is 0 Å². The van der Waals surface area contributed by atoms with E-state index in [-0.39, 0.29) is 6.03 Å². The average molecular weight is 355 g/mol. The Bertz CT molecular complexity index is 822. The molecule has 2 aromatic carbocycles. The zero-order chi connectivity index (χ0) is 17.8. The summed E-state index contributed by atoms with van der Waals surface area (Å²) in [5.41, 5.74) is 3.30. The zero-order valence-corrected chi connectivity index (χ0v) is 14.8. The molecule has 6 heteroatoms. The smallest absolute Gasteiger partial charge is 0.321 e. The molecule has 0 saturated carbocycles. The third kappa shape index (κ3) is 3.86. The SMILES string of the molecule is Cc1cc(Cl)ccc1NC(=O)N1CCN(c2ccccc2C#N)CC1. The van der Waals surface area contributed by atoms with Crippen molar-refractivity contribution in [1.82, 2.24) is 4.90 Å². The number of para-hydroxylation sites is 1. The number of rotatable bonds is 2. The quantitative estimate of drug-likeness (QED) is 0.890. The fraction of sp³-hybridized carbons (Fsp3) is 0.263. The van der Waals surface area contributed by atoms with Crippen molar-refractivity contribution in [2.75, 3.05) is 36.4 Å². The van der Waals surface area contributed by atoms with Crippen LogP contribution in [-0.4, -0.2) is 37.1 Å². The molecule has 1 saturated heterocycles. The van der Waals surface area contributed by atoms with E-state index < -0.39 is 0 Å². The fourth-order valence-electron chi connectivity index (χ4n) is 2.96. The molecule has 0 radical (unpaired) electrons. The summed E-state index contributed by atoms with van der Waals surface area (Å²) in [5, 5.41) is 12.8. The number of hydrogen-bond acceptors (Lipinski definition) is 3. The van der Waals surface area contributed by atoms with E-state index in [1.54, 1.807) is 11.0 Å². The van der Waals surface area contributed by atoms with Crippen LogP contribution in [0.5, 0.6) is 0 Å². The standard InChI is InChI=1S/C19H19ClN4O/c1-14-12-16(20)6-7-17(14)22-19(25)24-10-8-23(9-11-24)18-5-3-2-4-15(18)13-21/h2-7,12H,8-11H2,1H3,(H,22,25). The topological polar surface area (TPSA) is 59.4 Å². The Morgan fingerprint density at radius 2 is 1.88 bits per heavy atom. The molecular formula is C19H19ClN4O. The number of piperazine rings is 1. The number of urea groups is 1. The molecule has 5 nitrogen and oxygen atoms in total. The third-order valence-corrected chi connectivity index (χ3v) is 4.60. The van der Waals surface area contributed by atoms with Gasteiger partial charge < -0.3 is 15.1 Å². The second-order valence-corrected chi connectivity index (χ2v) is 6.43. The Hall–Kier alpha value is -2.71. The predicted octanol–water partition coefficient (Wildman–Crippen LogP) is 3.87. The van der Waals surface area contributed by atoms with Gasteiger partial charge in [-0.05, 0) is 42.8 Å². The van der Waals surface area contributed by atoms with Gasteiger partial charge in [0.1, 0.15) is 6.07 Å². The Morgan fingerprint density at radius 1 is 1.16 bits per heavy atom. The molecule has 0 bridgehead atoms. The van der Waals surface area contributed by atoms with E-state index >= 15 is 0 Å². The Morgan fingerprint density at radius 3 is 2.56 bits per heavy atom. The molecule has 0 unspecified atom stereocenters. The van der Waals surface area contributed by atoms with Crippen molar-refractivity contribution in [3.63, 3.8) is 0 Å². The van der Waals surface area contributed by atoms with Crippen LogP contribution in [-0.2, 0) is 0 Å². The van der Waals surface area contributed by atoms with Crippen LogP contribution >= 0.6 is 11.6 Å². The minimum atomic E-state index is -0.112. The van der Waals surface area contributed by atoms with Gasteiger partial charge in [-0.25, -0.2) is 4.79 Å². The first-order valence-corrected chi connectivity index (χ1v) is 8.52. The number of benzene rings is 2. The van der Waals surface area contributed by atoms with Gasteiger partial charge in [-0.15, -0.1) is 0 Å². The van der Waals surface area contributed by atoms with Gasteiger partial charge in [-0.2, -0.15) is 5.26 Å². The summed E-state index contributed by atoms with van der Waals surface area (Å²) < 4.78 is 0. The normalized spacial score (nSPS) is 14.1. The first-order chi connectivity index (χ1) is 12.1. The molecule has 1 N–H and O–H groups in total. The highest BCUT2D eigenvalue weighted by Gasteiger charge is 2.22. The number of hydrogen-bond donors (Lipinski definition) is 1. The van der Waals surface area contributed by atoms with Crippen molar-refractivity contribution in [2.24, 2.45) is 0 Å². The lowest BCUT2D eigenvalue weighted by Gasteiger charge is -2.36. The monoisotopic (exact) mass is 354 g/mol. The maximum absolute atomic E-state index is 12.5. The third-order valence-electron chi connectivity index (χ3n) is 4.36. The molecular weight excluding hydrogens is 336 g/mol. The number of carbonyl (C=O) groups is 1. The Labute approximate surface area is 152 Å². The van der Waals surface area contributed by atoms with Crippen LogP contribution in [0.15, 0.2) is 42.5 Å². The molecule has 0 spiro atoms. The summed E-state index contributed by atoms with van der Waals surface area (Å²) in [7, 11) is 0. The van der Waals surface area contributed by atoms with Crippen molar-refractivity contribution in [2.45, 2.75) is 6.92 Å². The first kappa shape index (κ1) is 17.1. The van der Waals surface area contributed by atoms with E-state index in [0.29, 0.717) is 36.8 Å². The van der Waals surface area contributed by atoms with Crippen LogP contribution in [0.3, 0.4) is 0 Å². The molecule has 1 heterocycles. The highest BCUT2D eigenvalue weighted by atomic mass is 35.5. The van der Waals surface area contributed by atoms with E-state index in [2.05, 4.69) is 16.3 Å². The molecule has 1 aliphatic rings. The second kappa shape index (κ2) is 7.45. The molecule has 0 aliphatic carbocycles. The summed E-state index contributed by atoms with van der Waals surface area (Å²) in [6, 6.07) is 15.1. The van der Waals surface area contributed by atoms with Crippen molar-refractivity contribution in [3.8, 4) is 6.07 Å². The minimum absolute atomic E-state index is 0.112. The summed E-state index contributed by atoms with van der Waals surface area (Å²) in [6.45, 7) is 4.53. The minimum Gasteiger partial charge on any atom is -0.367 e. The summed E-state index contributed by atoms with van der Waals surface area (Å²) in [4.78, 5) is 16.4. The van der Waals surface area contributed by atoms with Gasteiger partial charge >= 0.3 is 6.03 Å². The van der Waals surface area contributed by atoms with Gasteiger partial charge in [-0.3, -0.25) is 0 Å². The highest BCUT2D eigenvalue weighted by Crippen LogP contribution is 2.22. The Kier molecular flexibility index (Phi) is 5.11. The van der Waals surface area contributed by atoms with Gasteiger partial charge in [0.15, 0.2) is 0 Å². The van der Waals surface area contributed by atoms with Crippen LogP contribution in [0.2, 0.25) is 5.02 Å². The van der Waals surface area contributed by atoms with Crippen molar-refractivity contribution < 1.29 is 4.79 Å². The first-order valence-electron chi connectivity index (χ1n) is 8.14. The number of nitrogens with zero attached hydrogens (tertiary/aromatic N) is 3. The van der Waals surface area contributed by atoms with Crippen molar-refractivity contribution >= 4 is 29.0 Å². The lowest BCUT2D eigenvalue weighted by atomic mass is 10.1. The van der Waals surface area contributed by atoms with Crippen LogP contribution in [0.4, 0.5) is 16.2 Å². The summed E-state index contributed by atoms with van der Waals surface area (Å²) in [5.74, 6) is 0. The van der Waals surface area contributed by atoms with Gasteiger partial charge in [0.25, 0.3) is 0 Å². The van der Waals surface area contributed by atoms with Crippen LogP contribution in [0.25, 0.3) is 0 Å². The number of halogens is 1. The van der Waals surface area contributed by atoms with Crippen molar-refractivity contribution in [1.29, 1.82) is 5.26 Å². The average Bonchev–Trinajstić information content (AvgIpc) is 2.64. The second-order valence-electron chi connectivity index (χ2n) is 5.99. The van der Waals surface area contributed by atoms with E-state index in [4.69, 9.17) is 11.6 Å². The van der Waals surface area contributed by atoms with E-state index in [0.717, 1.165) is 16.9 Å². The molecule has 1 aliphatic heterocycles. The fourth-order valence-corrected chi connectivity index (χ4v) is 3.18. The lowest BCUT2D eigenvalue weighted by Crippen LogP contribution is -2.50. The van der Waals surface area contributed by atoms with Gasteiger partial charge in [0, 0.05) is 36.9 Å². The number of nitriles is 1. The Balaban J connectivity index is 1.62.